The van der Waals surface area contributed by atoms with E-state index in [9.17, 15) is 9.59 Å². The molecule has 0 aliphatic carbocycles. The lowest BCUT2D eigenvalue weighted by molar-refractivity contribution is -0.123. The molecule has 0 aromatic heterocycles. The summed E-state index contributed by atoms with van der Waals surface area (Å²) in [5, 5.41) is 2.82. The molecule has 0 bridgehead atoms. The maximum atomic E-state index is 12.2. The van der Waals surface area contributed by atoms with E-state index in [1.165, 1.54) is 0 Å². The van der Waals surface area contributed by atoms with Crippen molar-refractivity contribution in [1.29, 1.82) is 0 Å². The molecule has 6 nitrogen and oxygen atoms in total. The first-order valence-electron chi connectivity index (χ1n) is 7.18. The molecule has 3 N–H and O–H groups in total. The topological polar surface area (TPSA) is 84.7 Å². The molecule has 1 saturated heterocycles. The number of primary amides is 1. The molecule has 6 heteroatoms. The quantitative estimate of drug-likeness (QED) is 0.887. The van der Waals surface area contributed by atoms with Crippen LogP contribution in [-0.2, 0) is 4.79 Å². The Morgan fingerprint density at radius 1 is 1.38 bits per heavy atom. The van der Waals surface area contributed by atoms with Crippen molar-refractivity contribution < 1.29 is 14.3 Å². The molecule has 0 unspecified atom stereocenters. The van der Waals surface area contributed by atoms with E-state index in [-0.39, 0.29) is 17.9 Å². The number of hydrogen-bond acceptors (Lipinski definition) is 3. The lowest BCUT2D eigenvalue weighted by Crippen LogP contribution is -2.45. The van der Waals surface area contributed by atoms with Crippen molar-refractivity contribution in [3.63, 3.8) is 0 Å². The number of anilines is 1. The summed E-state index contributed by atoms with van der Waals surface area (Å²) >= 11 is 0. The zero-order valence-corrected chi connectivity index (χ0v) is 12.2. The molecule has 1 aliphatic heterocycles. The van der Waals surface area contributed by atoms with Crippen LogP contribution in [0.15, 0.2) is 24.3 Å². The van der Waals surface area contributed by atoms with E-state index in [0.717, 1.165) is 18.6 Å². The SMILES string of the molecule is CCOc1ccc(NC(=O)N2CCC[C@H](C(N)=O)C2)cc1. The van der Waals surface area contributed by atoms with Gasteiger partial charge in [0, 0.05) is 18.8 Å². The molecule has 0 saturated carbocycles. The Kier molecular flexibility index (Phi) is 5.03. The summed E-state index contributed by atoms with van der Waals surface area (Å²) in [4.78, 5) is 25.0. The largest absolute Gasteiger partial charge is 0.494 e. The number of hydrogen-bond donors (Lipinski definition) is 2. The molecule has 1 fully saturated rings. The summed E-state index contributed by atoms with van der Waals surface area (Å²) in [7, 11) is 0. The second kappa shape index (κ2) is 6.97. The molecule has 3 amide bonds. The number of urea groups is 1. The van der Waals surface area contributed by atoms with E-state index in [0.29, 0.717) is 25.4 Å². The van der Waals surface area contributed by atoms with Crippen LogP contribution < -0.4 is 15.8 Å². The van der Waals surface area contributed by atoms with Gasteiger partial charge < -0.3 is 20.7 Å². The second-order valence-electron chi connectivity index (χ2n) is 5.08. The third kappa shape index (κ3) is 4.11. The maximum Gasteiger partial charge on any atom is 0.321 e. The van der Waals surface area contributed by atoms with Gasteiger partial charge in [0.1, 0.15) is 5.75 Å². The van der Waals surface area contributed by atoms with Crippen LogP contribution in [0.25, 0.3) is 0 Å². The molecule has 1 aromatic rings. The third-order valence-corrected chi connectivity index (χ3v) is 3.53. The summed E-state index contributed by atoms with van der Waals surface area (Å²) < 4.78 is 5.35. The smallest absolute Gasteiger partial charge is 0.321 e. The van der Waals surface area contributed by atoms with Crippen molar-refractivity contribution in [3.8, 4) is 5.75 Å². The highest BCUT2D eigenvalue weighted by Gasteiger charge is 2.26. The Morgan fingerprint density at radius 2 is 2.10 bits per heavy atom. The average Bonchev–Trinajstić information content (AvgIpc) is 2.49. The van der Waals surface area contributed by atoms with E-state index < -0.39 is 0 Å². The standard InChI is InChI=1S/C15H21N3O3/c1-2-21-13-7-5-12(6-8-13)17-15(20)18-9-3-4-11(10-18)14(16)19/h5-8,11H,2-4,9-10H2,1H3,(H2,16,19)(H,17,20)/t11-/m0/s1. The van der Waals surface area contributed by atoms with Gasteiger partial charge in [-0.15, -0.1) is 0 Å². The second-order valence-corrected chi connectivity index (χ2v) is 5.08. The average molecular weight is 291 g/mol. The number of ether oxygens (including phenoxy) is 1. The minimum absolute atomic E-state index is 0.204. The number of piperidine rings is 1. The molecule has 1 heterocycles. The molecule has 1 aliphatic rings. The fourth-order valence-electron chi connectivity index (χ4n) is 2.40. The van der Waals surface area contributed by atoms with Crippen molar-refractivity contribution in [3.05, 3.63) is 24.3 Å². The van der Waals surface area contributed by atoms with Gasteiger partial charge in [-0.3, -0.25) is 4.79 Å². The van der Waals surface area contributed by atoms with Crippen LogP contribution in [0, 0.1) is 5.92 Å². The van der Waals surface area contributed by atoms with Gasteiger partial charge in [-0.2, -0.15) is 0 Å². The number of nitrogens with two attached hydrogens (primary N) is 1. The lowest BCUT2D eigenvalue weighted by atomic mass is 9.98. The van der Waals surface area contributed by atoms with Crippen LogP contribution in [0.1, 0.15) is 19.8 Å². The highest BCUT2D eigenvalue weighted by atomic mass is 16.5. The van der Waals surface area contributed by atoms with Crippen LogP contribution in [0.5, 0.6) is 5.75 Å². The zero-order valence-electron chi connectivity index (χ0n) is 12.2. The zero-order chi connectivity index (χ0) is 15.2. The molecule has 1 aromatic carbocycles. The van der Waals surface area contributed by atoms with Crippen LogP contribution in [0.3, 0.4) is 0 Å². The van der Waals surface area contributed by atoms with Crippen molar-refractivity contribution in [2.45, 2.75) is 19.8 Å². The van der Waals surface area contributed by atoms with Gasteiger partial charge in [0.05, 0.1) is 12.5 Å². The minimum atomic E-state index is -0.339. The minimum Gasteiger partial charge on any atom is -0.494 e. The molecular weight excluding hydrogens is 270 g/mol. The lowest BCUT2D eigenvalue weighted by Gasteiger charge is -2.31. The van der Waals surface area contributed by atoms with Crippen LogP contribution in [-0.4, -0.2) is 36.5 Å². The summed E-state index contributed by atoms with van der Waals surface area (Å²) in [6.45, 7) is 3.56. The Labute approximate surface area is 124 Å². The molecule has 114 valence electrons. The summed E-state index contributed by atoms with van der Waals surface area (Å²) in [6.07, 6.45) is 1.55. The monoisotopic (exact) mass is 291 g/mol. The predicted octanol–water partition coefficient (Wildman–Crippen LogP) is 1.81. The first kappa shape index (κ1) is 15.2. The molecule has 21 heavy (non-hydrogen) atoms. The van der Waals surface area contributed by atoms with Crippen molar-refractivity contribution in [2.75, 3.05) is 25.0 Å². The van der Waals surface area contributed by atoms with Gasteiger partial charge in [0.15, 0.2) is 0 Å². The molecule has 0 radical (unpaired) electrons. The fraction of sp³-hybridized carbons (Fsp3) is 0.467. The van der Waals surface area contributed by atoms with E-state index in [1.54, 1.807) is 17.0 Å². The van der Waals surface area contributed by atoms with E-state index >= 15 is 0 Å². The number of benzene rings is 1. The number of likely N-dealkylation sites (tertiary alicyclic amines) is 1. The summed E-state index contributed by atoms with van der Waals surface area (Å²) in [6, 6.07) is 6.99. The van der Waals surface area contributed by atoms with Gasteiger partial charge in [0.2, 0.25) is 5.91 Å². The van der Waals surface area contributed by atoms with Gasteiger partial charge in [-0.05, 0) is 44.0 Å². The fourth-order valence-corrected chi connectivity index (χ4v) is 2.40. The number of amides is 3. The Hall–Kier alpha value is -2.24. The van der Waals surface area contributed by atoms with E-state index in [1.807, 2.05) is 19.1 Å². The number of rotatable bonds is 4. The number of carbonyl (C=O) groups excluding carboxylic acids is 2. The third-order valence-electron chi connectivity index (χ3n) is 3.53. The van der Waals surface area contributed by atoms with Gasteiger partial charge in [0.25, 0.3) is 0 Å². The van der Waals surface area contributed by atoms with Crippen molar-refractivity contribution in [2.24, 2.45) is 11.7 Å². The molecule has 2 rings (SSSR count). The Bertz CT molecular complexity index is 501. The number of nitrogens with one attached hydrogen (secondary N) is 1. The first-order chi connectivity index (χ1) is 10.1. The molecule has 1 atom stereocenters. The van der Waals surface area contributed by atoms with Gasteiger partial charge >= 0.3 is 6.03 Å². The maximum absolute atomic E-state index is 12.2. The molecular formula is C15H21N3O3. The Morgan fingerprint density at radius 3 is 2.71 bits per heavy atom. The summed E-state index contributed by atoms with van der Waals surface area (Å²) in [5.74, 6) is 0.181. The predicted molar refractivity (Wildman–Crippen MR) is 80.1 cm³/mol. The Balaban J connectivity index is 1.92. The van der Waals surface area contributed by atoms with Crippen molar-refractivity contribution in [1.82, 2.24) is 4.90 Å². The summed E-state index contributed by atoms with van der Waals surface area (Å²) in [5.41, 5.74) is 6.01. The van der Waals surface area contributed by atoms with Crippen LogP contribution in [0.2, 0.25) is 0 Å². The highest BCUT2D eigenvalue weighted by molar-refractivity contribution is 5.90. The highest BCUT2D eigenvalue weighted by Crippen LogP contribution is 2.19. The normalized spacial score (nSPS) is 18.1. The number of carbonyl (C=O) groups is 2. The molecule has 0 spiro atoms. The first-order valence-corrected chi connectivity index (χ1v) is 7.18. The van der Waals surface area contributed by atoms with Crippen molar-refractivity contribution >= 4 is 17.6 Å². The van der Waals surface area contributed by atoms with E-state index in [4.69, 9.17) is 10.5 Å². The van der Waals surface area contributed by atoms with Crippen LogP contribution >= 0.6 is 0 Å². The van der Waals surface area contributed by atoms with Crippen LogP contribution in [0.4, 0.5) is 10.5 Å². The van der Waals surface area contributed by atoms with E-state index in [2.05, 4.69) is 5.32 Å². The van der Waals surface area contributed by atoms with Gasteiger partial charge in [-0.25, -0.2) is 4.79 Å². The number of nitrogens with zero attached hydrogens (tertiary/aromatic N) is 1. The van der Waals surface area contributed by atoms with Gasteiger partial charge in [-0.1, -0.05) is 0 Å².